The molecule has 2 nitrogen and oxygen atoms in total. The molecule has 43 heavy (non-hydrogen) atoms. The molecule has 0 heterocycles. The van der Waals surface area contributed by atoms with Gasteiger partial charge in [-0.1, -0.05) is 108 Å². The fourth-order valence-corrected chi connectivity index (χ4v) is 7.07. The standard InChI is InChI=1S/C41H36O2/c1-24-19-26(3)40(27(4)20-24)36-17-15-34(30-11-7-9-13-32(30)36)38(42)23-39(43)35-16-18-37(33-14-10-8-12-31(33)35)41-28(5)21-25(2)22-29(41)6/h7-22H,23H2,1-6H3. The largest absolute Gasteiger partial charge is 0.294 e. The van der Waals surface area contributed by atoms with E-state index in [0.29, 0.717) is 11.1 Å². The Morgan fingerprint density at radius 3 is 1.12 bits per heavy atom. The van der Waals surface area contributed by atoms with Crippen LogP contribution >= 0.6 is 0 Å². The van der Waals surface area contributed by atoms with Crippen LogP contribution in [0.25, 0.3) is 43.8 Å². The maximum Gasteiger partial charge on any atom is 0.171 e. The van der Waals surface area contributed by atoms with Gasteiger partial charge >= 0.3 is 0 Å². The van der Waals surface area contributed by atoms with E-state index < -0.39 is 0 Å². The molecule has 0 N–H and O–H groups in total. The Labute approximate surface area is 254 Å². The predicted octanol–water partition coefficient (Wildman–Crippen LogP) is 10.6. The first-order chi connectivity index (χ1) is 20.6. The Balaban J connectivity index is 1.39. The minimum absolute atomic E-state index is 0.163. The average molecular weight is 561 g/mol. The first-order valence-corrected chi connectivity index (χ1v) is 14.9. The molecule has 0 amide bonds. The smallest absolute Gasteiger partial charge is 0.171 e. The number of rotatable bonds is 6. The zero-order valence-corrected chi connectivity index (χ0v) is 25.8. The topological polar surface area (TPSA) is 34.1 Å². The lowest BCUT2D eigenvalue weighted by Crippen LogP contribution is -2.10. The lowest BCUT2D eigenvalue weighted by molar-refractivity contribution is 0.0896. The molecule has 0 aliphatic heterocycles. The van der Waals surface area contributed by atoms with E-state index in [0.717, 1.165) is 32.7 Å². The van der Waals surface area contributed by atoms with E-state index in [-0.39, 0.29) is 18.0 Å². The molecule has 6 rings (SSSR count). The van der Waals surface area contributed by atoms with Crippen LogP contribution in [0.5, 0.6) is 0 Å². The molecule has 2 heteroatoms. The van der Waals surface area contributed by atoms with Crippen LogP contribution in [-0.2, 0) is 0 Å². The van der Waals surface area contributed by atoms with E-state index in [4.69, 9.17) is 0 Å². The summed E-state index contributed by atoms with van der Waals surface area (Å²) in [6.45, 7) is 12.8. The molecule has 0 fully saturated rings. The van der Waals surface area contributed by atoms with Crippen LogP contribution in [0.3, 0.4) is 0 Å². The number of hydrogen-bond acceptors (Lipinski definition) is 2. The fourth-order valence-electron chi connectivity index (χ4n) is 7.07. The Bertz CT molecular complexity index is 1900. The van der Waals surface area contributed by atoms with E-state index >= 15 is 0 Å². The van der Waals surface area contributed by atoms with Crippen molar-refractivity contribution >= 4 is 33.1 Å². The van der Waals surface area contributed by atoms with Crippen molar-refractivity contribution in [3.8, 4) is 22.3 Å². The summed E-state index contributed by atoms with van der Waals surface area (Å²) in [6.07, 6.45) is -0.183. The van der Waals surface area contributed by atoms with Crippen molar-refractivity contribution in [1.29, 1.82) is 0 Å². The second-order valence-electron chi connectivity index (χ2n) is 12.0. The first kappa shape index (κ1) is 28.3. The van der Waals surface area contributed by atoms with Crippen molar-refractivity contribution in [2.75, 3.05) is 0 Å². The van der Waals surface area contributed by atoms with Gasteiger partial charge in [-0.3, -0.25) is 9.59 Å². The number of carbonyl (C=O) groups excluding carboxylic acids is 2. The highest BCUT2D eigenvalue weighted by atomic mass is 16.1. The third-order valence-electron chi connectivity index (χ3n) is 8.66. The number of aryl methyl sites for hydroxylation is 6. The van der Waals surface area contributed by atoms with Crippen molar-refractivity contribution in [2.45, 2.75) is 48.0 Å². The Morgan fingerprint density at radius 2 is 0.767 bits per heavy atom. The number of Topliss-reactive ketones (excluding diaryl/α,β-unsaturated/α-hetero) is 2. The van der Waals surface area contributed by atoms with Crippen molar-refractivity contribution in [1.82, 2.24) is 0 Å². The fraction of sp³-hybridized carbons (Fsp3) is 0.171. The molecule has 0 radical (unpaired) electrons. The van der Waals surface area contributed by atoms with Crippen LogP contribution in [0.15, 0.2) is 97.1 Å². The van der Waals surface area contributed by atoms with Gasteiger partial charge in [0.05, 0.1) is 6.42 Å². The summed E-state index contributed by atoms with van der Waals surface area (Å²) >= 11 is 0. The van der Waals surface area contributed by atoms with E-state index in [1.807, 2.05) is 60.7 Å². The van der Waals surface area contributed by atoms with E-state index in [2.05, 4.69) is 77.9 Å². The minimum atomic E-state index is -0.183. The highest BCUT2D eigenvalue weighted by Crippen LogP contribution is 2.38. The zero-order valence-electron chi connectivity index (χ0n) is 25.8. The maximum atomic E-state index is 13.8. The molecule has 0 spiro atoms. The molecule has 0 aromatic heterocycles. The Hall–Kier alpha value is -4.82. The van der Waals surface area contributed by atoms with Gasteiger partial charge < -0.3 is 0 Å². The average Bonchev–Trinajstić information content (AvgIpc) is 2.96. The monoisotopic (exact) mass is 560 g/mol. The van der Waals surface area contributed by atoms with Gasteiger partial charge in [0.1, 0.15) is 0 Å². The second-order valence-corrected chi connectivity index (χ2v) is 12.0. The van der Waals surface area contributed by atoms with Gasteiger partial charge in [-0.05, 0) is 108 Å². The summed E-state index contributed by atoms with van der Waals surface area (Å²) in [5.74, 6) is -0.327. The van der Waals surface area contributed by atoms with Gasteiger partial charge in [0.15, 0.2) is 11.6 Å². The van der Waals surface area contributed by atoms with Crippen LogP contribution in [0.1, 0.15) is 60.5 Å². The van der Waals surface area contributed by atoms with Crippen LogP contribution in [-0.4, -0.2) is 11.6 Å². The SMILES string of the molecule is Cc1cc(C)c(-c2ccc(C(=O)CC(=O)c3ccc(-c4c(C)cc(C)cc4C)c4ccccc34)c3ccccc23)c(C)c1. The lowest BCUT2D eigenvalue weighted by Gasteiger charge is -2.17. The van der Waals surface area contributed by atoms with Crippen molar-refractivity contribution in [2.24, 2.45) is 0 Å². The van der Waals surface area contributed by atoms with Gasteiger partial charge in [0.25, 0.3) is 0 Å². The first-order valence-electron chi connectivity index (χ1n) is 14.9. The molecule has 0 unspecified atom stereocenters. The lowest BCUT2D eigenvalue weighted by atomic mass is 9.86. The maximum absolute atomic E-state index is 13.8. The molecule has 0 saturated heterocycles. The molecular formula is C41H36O2. The summed E-state index contributed by atoms with van der Waals surface area (Å²) in [5.41, 5.74) is 13.1. The Morgan fingerprint density at radius 1 is 0.442 bits per heavy atom. The molecule has 6 aromatic carbocycles. The molecule has 0 aliphatic carbocycles. The van der Waals surface area contributed by atoms with Crippen molar-refractivity contribution < 1.29 is 9.59 Å². The van der Waals surface area contributed by atoms with Crippen LogP contribution in [0.2, 0.25) is 0 Å². The minimum Gasteiger partial charge on any atom is -0.294 e. The van der Waals surface area contributed by atoms with Gasteiger partial charge in [0, 0.05) is 11.1 Å². The van der Waals surface area contributed by atoms with Gasteiger partial charge in [-0.15, -0.1) is 0 Å². The molecule has 6 aromatic rings. The highest BCUT2D eigenvalue weighted by Gasteiger charge is 2.21. The van der Waals surface area contributed by atoms with Crippen molar-refractivity contribution in [3.63, 3.8) is 0 Å². The Kier molecular flexibility index (Phi) is 7.31. The highest BCUT2D eigenvalue weighted by molar-refractivity contribution is 6.22. The summed E-state index contributed by atoms with van der Waals surface area (Å²) < 4.78 is 0. The molecule has 0 saturated carbocycles. The molecule has 0 atom stereocenters. The number of carbonyl (C=O) groups is 2. The number of fused-ring (bicyclic) bond motifs is 2. The molecule has 0 aliphatic rings. The van der Waals surface area contributed by atoms with Crippen LogP contribution < -0.4 is 0 Å². The quantitative estimate of drug-likeness (QED) is 0.150. The number of hydrogen-bond donors (Lipinski definition) is 0. The van der Waals surface area contributed by atoms with E-state index in [1.54, 1.807) is 0 Å². The summed E-state index contributed by atoms with van der Waals surface area (Å²) in [5, 5.41) is 3.80. The van der Waals surface area contributed by atoms with Crippen LogP contribution in [0.4, 0.5) is 0 Å². The molecule has 0 bridgehead atoms. The third-order valence-corrected chi connectivity index (χ3v) is 8.66. The van der Waals surface area contributed by atoms with Crippen LogP contribution in [0, 0.1) is 41.5 Å². The number of benzene rings is 6. The van der Waals surface area contributed by atoms with Crippen molar-refractivity contribution in [3.05, 3.63) is 142 Å². The van der Waals surface area contributed by atoms with Gasteiger partial charge in [0.2, 0.25) is 0 Å². The third kappa shape index (κ3) is 5.08. The van der Waals surface area contributed by atoms with E-state index in [1.165, 1.54) is 44.5 Å². The molecular weight excluding hydrogens is 524 g/mol. The predicted molar refractivity (Wildman–Crippen MR) is 180 cm³/mol. The molecule has 212 valence electrons. The summed E-state index contributed by atoms with van der Waals surface area (Å²) in [4.78, 5) is 27.6. The van der Waals surface area contributed by atoms with Gasteiger partial charge in [-0.2, -0.15) is 0 Å². The van der Waals surface area contributed by atoms with E-state index in [9.17, 15) is 9.59 Å². The number of ketones is 2. The van der Waals surface area contributed by atoms with Gasteiger partial charge in [-0.25, -0.2) is 0 Å². The second kappa shape index (κ2) is 11.1. The summed E-state index contributed by atoms with van der Waals surface area (Å²) in [6, 6.07) is 32.8. The summed E-state index contributed by atoms with van der Waals surface area (Å²) in [7, 11) is 0. The normalized spacial score (nSPS) is 11.3. The zero-order chi connectivity index (χ0) is 30.4.